The predicted molar refractivity (Wildman–Crippen MR) is 101 cm³/mol. The van der Waals surface area contributed by atoms with Gasteiger partial charge in [0.2, 0.25) is 0 Å². The molecule has 0 aromatic carbocycles. The molecule has 3 heterocycles. The molecule has 3 aromatic heterocycles. The van der Waals surface area contributed by atoms with Gasteiger partial charge in [-0.2, -0.15) is 0 Å². The number of hydrogen-bond acceptors (Lipinski definition) is 5. The number of halogens is 2. The number of hydrogen-bond donors (Lipinski definition) is 3. The monoisotopic (exact) mass is 399 g/mol. The molecular weight excluding hydrogens is 380 g/mol. The number of nitrogens with zero attached hydrogens (tertiary/aromatic N) is 3. The molecule has 7 nitrogen and oxygen atoms in total. The van der Waals surface area contributed by atoms with Gasteiger partial charge in [0.25, 0.3) is 0 Å². The van der Waals surface area contributed by atoms with Crippen LogP contribution in [0.25, 0.3) is 22.4 Å². The number of anilines is 1. The minimum absolute atomic E-state index is 0.0301. The highest BCUT2D eigenvalue weighted by Gasteiger charge is 2.47. The standard InChI is InChI=1S/C20H19F2N5O2/c21-11-5-12-13(7-24-17(12)23-6-11)18-25-8-14(22)19(27-18)26-16-10-3-1-9(2-4-10)15(16)20(28)29/h5-10,15-16H,1-4H2,(H,23,24)(H,28,29)(H,25,26,27)/t9-,10+,15?,16?. The van der Waals surface area contributed by atoms with E-state index in [4.69, 9.17) is 0 Å². The lowest BCUT2D eigenvalue weighted by atomic mass is 9.61. The molecule has 150 valence electrons. The van der Waals surface area contributed by atoms with E-state index in [0.29, 0.717) is 16.6 Å². The van der Waals surface area contributed by atoms with Crippen LogP contribution in [0.15, 0.2) is 24.7 Å². The van der Waals surface area contributed by atoms with Crippen molar-refractivity contribution < 1.29 is 18.7 Å². The van der Waals surface area contributed by atoms with Crippen molar-refractivity contribution in [2.45, 2.75) is 31.7 Å². The van der Waals surface area contributed by atoms with Gasteiger partial charge in [-0.3, -0.25) is 4.79 Å². The number of rotatable bonds is 4. The molecule has 3 saturated carbocycles. The molecule has 29 heavy (non-hydrogen) atoms. The third kappa shape index (κ3) is 3.01. The first-order valence-electron chi connectivity index (χ1n) is 9.66. The van der Waals surface area contributed by atoms with Gasteiger partial charge in [0.05, 0.1) is 18.3 Å². The molecule has 3 fully saturated rings. The predicted octanol–water partition coefficient (Wildman–Crippen LogP) is 3.60. The number of carboxylic acids is 1. The molecule has 3 N–H and O–H groups in total. The molecule has 6 rings (SSSR count). The van der Waals surface area contributed by atoms with Crippen molar-refractivity contribution in [2.75, 3.05) is 5.32 Å². The Morgan fingerprint density at radius 1 is 1.14 bits per heavy atom. The Bertz CT molecular complexity index is 1090. The fourth-order valence-corrected chi connectivity index (χ4v) is 4.93. The Morgan fingerprint density at radius 2 is 1.90 bits per heavy atom. The average molecular weight is 399 g/mol. The highest BCUT2D eigenvalue weighted by Crippen LogP contribution is 2.46. The van der Waals surface area contributed by atoms with Crippen molar-refractivity contribution in [3.05, 3.63) is 36.3 Å². The molecule has 0 amide bonds. The number of carboxylic acid groups (broad SMARTS) is 1. The van der Waals surface area contributed by atoms with E-state index in [1.54, 1.807) is 6.20 Å². The van der Waals surface area contributed by atoms with Gasteiger partial charge < -0.3 is 15.4 Å². The van der Waals surface area contributed by atoms with Crippen molar-refractivity contribution in [3.63, 3.8) is 0 Å². The number of aromatic nitrogens is 4. The first-order chi connectivity index (χ1) is 14.0. The second kappa shape index (κ2) is 6.75. The highest BCUT2D eigenvalue weighted by molar-refractivity contribution is 5.91. The summed E-state index contributed by atoms with van der Waals surface area (Å²) in [4.78, 5) is 27.1. The average Bonchev–Trinajstić information content (AvgIpc) is 3.13. The van der Waals surface area contributed by atoms with E-state index in [1.807, 2.05) is 0 Å². The van der Waals surface area contributed by atoms with E-state index >= 15 is 0 Å². The summed E-state index contributed by atoms with van der Waals surface area (Å²) in [6.07, 6.45) is 7.39. The summed E-state index contributed by atoms with van der Waals surface area (Å²) in [5, 5.41) is 13.3. The number of aromatic amines is 1. The van der Waals surface area contributed by atoms with E-state index in [0.717, 1.165) is 38.1 Å². The second-order valence-electron chi connectivity index (χ2n) is 7.85. The number of H-pyrrole nitrogens is 1. The highest BCUT2D eigenvalue weighted by atomic mass is 19.1. The van der Waals surface area contributed by atoms with Crippen LogP contribution in [0.5, 0.6) is 0 Å². The maximum Gasteiger partial charge on any atom is 0.308 e. The number of aliphatic carboxylic acids is 1. The Morgan fingerprint density at radius 3 is 2.66 bits per heavy atom. The van der Waals surface area contributed by atoms with Crippen molar-refractivity contribution in [2.24, 2.45) is 17.8 Å². The molecule has 2 bridgehead atoms. The Hall–Kier alpha value is -3.10. The van der Waals surface area contributed by atoms with Crippen molar-refractivity contribution >= 4 is 22.8 Å². The van der Waals surface area contributed by atoms with Gasteiger partial charge in [0.15, 0.2) is 17.5 Å². The quantitative estimate of drug-likeness (QED) is 0.619. The number of carbonyl (C=O) groups is 1. The van der Waals surface area contributed by atoms with Crippen molar-refractivity contribution in [1.29, 1.82) is 0 Å². The lowest BCUT2D eigenvalue weighted by Crippen LogP contribution is -2.51. The van der Waals surface area contributed by atoms with Gasteiger partial charge >= 0.3 is 5.97 Å². The minimum Gasteiger partial charge on any atom is -0.481 e. The Balaban J connectivity index is 1.51. The molecule has 0 spiro atoms. The van der Waals surface area contributed by atoms with E-state index in [9.17, 15) is 18.7 Å². The molecule has 9 heteroatoms. The van der Waals surface area contributed by atoms with Gasteiger partial charge in [-0.25, -0.2) is 23.7 Å². The molecule has 3 aliphatic carbocycles. The second-order valence-corrected chi connectivity index (χ2v) is 7.85. The van der Waals surface area contributed by atoms with E-state index in [-0.39, 0.29) is 29.5 Å². The van der Waals surface area contributed by atoms with Crippen LogP contribution in [0.4, 0.5) is 14.6 Å². The summed E-state index contributed by atoms with van der Waals surface area (Å²) < 4.78 is 28.1. The third-order valence-electron chi connectivity index (χ3n) is 6.29. The number of pyridine rings is 1. The summed E-state index contributed by atoms with van der Waals surface area (Å²) in [5.41, 5.74) is 0.967. The van der Waals surface area contributed by atoms with Crippen molar-refractivity contribution in [3.8, 4) is 11.4 Å². The maximum absolute atomic E-state index is 14.5. The SMILES string of the molecule is O=C(O)C1C(Nc2nc(-c3c[nH]c4ncc(F)cc34)ncc2F)[C@H]2CC[C@@H]1CC2. The zero-order chi connectivity index (χ0) is 20.1. The number of nitrogens with one attached hydrogen (secondary N) is 2. The molecule has 2 unspecified atom stereocenters. The molecule has 0 saturated heterocycles. The molecule has 0 radical (unpaired) electrons. The molecule has 2 atom stereocenters. The van der Waals surface area contributed by atoms with Gasteiger partial charge in [-0.1, -0.05) is 0 Å². The van der Waals surface area contributed by atoms with Crippen LogP contribution >= 0.6 is 0 Å². The van der Waals surface area contributed by atoms with Crippen LogP contribution in [0, 0.1) is 29.4 Å². The normalized spacial score (nSPS) is 26.0. The van der Waals surface area contributed by atoms with Gasteiger partial charge in [0, 0.05) is 23.2 Å². The zero-order valence-corrected chi connectivity index (χ0v) is 15.4. The van der Waals surface area contributed by atoms with E-state index < -0.39 is 23.5 Å². The summed E-state index contributed by atoms with van der Waals surface area (Å²) in [6.45, 7) is 0. The summed E-state index contributed by atoms with van der Waals surface area (Å²) >= 11 is 0. The maximum atomic E-state index is 14.5. The zero-order valence-electron chi connectivity index (χ0n) is 15.4. The van der Waals surface area contributed by atoms with Gasteiger partial charge in [0.1, 0.15) is 11.5 Å². The van der Waals surface area contributed by atoms with Crippen LogP contribution < -0.4 is 5.32 Å². The number of fused-ring (bicyclic) bond motifs is 4. The molecule has 0 aliphatic heterocycles. The first-order valence-corrected chi connectivity index (χ1v) is 9.66. The first kappa shape index (κ1) is 18.0. The van der Waals surface area contributed by atoms with Crippen LogP contribution in [0.1, 0.15) is 25.7 Å². The minimum atomic E-state index is -0.857. The van der Waals surface area contributed by atoms with Crippen LogP contribution in [0.3, 0.4) is 0 Å². The van der Waals surface area contributed by atoms with Gasteiger partial charge in [-0.05, 0) is 43.6 Å². The lowest BCUT2D eigenvalue weighted by Gasteiger charge is -2.47. The molecule has 3 aromatic rings. The van der Waals surface area contributed by atoms with Crippen molar-refractivity contribution in [1.82, 2.24) is 19.9 Å². The van der Waals surface area contributed by atoms with Crippen LogP contribution in [-0.2, 0) is 4.79 Å². The molecular formula is C20H19F2N5O2. The lowest BCUT2D eigenvalue weighted by molar-refractivity contribution is -0.148. The van der Waals surface area contributed by atoms with E-state index in [1.165, 1.54) is 6.07 Å². The smallest absolute Gasteiger partial charge is 0.308 e. The Kier molecular flexibility index (Phi) is 4.18. The summed E-state index contributed by atoms with van der Waals surface area (Å²) in [5.74, 6) is -2.12. The third-order valence-corrected chi connectivity index (χ3v) is 6.29. The fourth-order valence-electron chi connectivity index (χ4n) is 4.93. The van der Waals surface area contributed by atoms with E-state index in [2.05, 4.69) is 25.3 Å². The fraction of sp³-hybridized carbons (Fsp3) is 0.400. The largest absolute Gasteiger partial charge is 0.481 e. The summed E-state index contributed by atoms with van der Waals surface area (Å²) in [6, 6.07) is 0.938. The topological polar surface area (TPSA) is 104 Å². The van der Waals surface area contributed by atoms with Gasteiger partial charge in [-0.15, -0.1) is 0 Å². The van der Waals surface area contributed by atoms with Crippen LogP contribution in [0.2, 0.25) is 0 Å². The Labute approximate surface area is 164 Å². The summed E-state index contributed by atoms with van der Waals surface area (Å²) in [7, 11) is 0. The molecule has 3 aliphatic rings. The van der Waals surface area contributed by atoms with Crippen LogP contribution in [-0.4, -0.2) is 37.1 Å².